The number of fused-ring (bicyclic) bond motifs is 3. The standard InChI is InChI=1S/C22H25N5O2/c28-20(25-12-10-24(11-13-25)17-6-2-1-3-7-17)16-26-14-15-27-21(22(26)29)18-8-4-5-9-19(18)23-27/h1-3,6-7,14-15H,4-5,8-13,16H2. The Balaban J connectivity index is 1.31. The van der Waals surface area contributed by atoms with E-state index in [0.717, 1.165) is 50.0 Å². The molecule has 0 N–H and O–H groups in total. The van der Waals surface area contributed by atoms with Gasteiger partial charge >= 0.3 is 0 Å². The minimum atomic E-state index is -0.112. The Hall–Kier alpha value is -3.09. The number of nitrogens with zero attached hydrogens (tertiary/aromatic N) is 5. The highest BCUT2D eigenvalue weighted by molar-refractivity contribution is 5.76. The van der Waals surface area contributed by atoms with Gasteiger partial charge in [-0.15, -0.1) is 0 Å². The Labute approximate surface area is 169 Å². The molecule has 1 aromatic carbocycles. The Morgan fingerprint density at radius 1 is 0.966 bits per heavy atom. The smallest absolute Gasteiger partial charge is 0.277 e. The zero-order valence-corrected chi connectivity index (χ0v) is 16.5. The van der Waals surface area contributed by atoms with Gasteiger partial charge in [0.15, 0.2) is 0 Å². The number of amides is 1. The van der Waals surface area contributed by atoms with Gasteiger partial charge < -0.3 is 14.4 Å². The topological polar surface area (TPSA) is 62.9 Å². The molecule has 3 heterocycles. The molecule has 1 aliphatic carbocycles. The van der Waals surface area contributed by atoms with Crippen molar-refractivity contribution in [3.05, 3.63) is 64.3 Å². The van der Waals surface area contributed by atoms with Crippen molar-refractivity contribution in [2.45, 2.75) is 32.2 Å². The fraction of sp³-hybridized carbons (Fsp3) is 0.409. The van der Waals surface area contributed by atoms with Crippen LogP contribution in [0, 0.1) is 0 Å². The molecule has 1 saturated heterocycles. The number of hydrogen-bond donors (Lipinski definition) is 0. The molecule has 0 saturated carbocycles. The predicted octanol–water partition coefficient (Wildman–Crippen LogP) is 1.72. The number of aryl methyl sites for hydroxylation is 2. The van der Waals surface area contributed by atoms with Crippen LogP contribution in [0.2, 0.25) is 0 Å². The summed E-state index contributed by atoms with van der Waals surface area (Å²) in [7, 11) is 0. The van der Waals surface area contributed by atoms with Crippen LogP contribution in [-0.2, 0) is 24.2 Å². The number of aromatic nitrogens is 3. The van der Waals surface area contributed by atoms with Crippen molar-refractivity contribution in [2.24, 2.45) is 0 Å². The first-order valence-electron chi connectivity index (χ1n) is 10.4. The molecule has 1 amide bonds. The summed E-state index contributed by atoms with van der Waals surface area (Å²) >= 11 is 0. The number of carbonyl (C=O) groups is 1. The zero-order chi connectivity index (χ0) is 19.8. The van der Waals surface area contributed by atoms with Gasteiger partial charge in [0.2, 0.25) is 5.91 Å². The molecule has 7 heteroatoms. The molecule has 7 nitrogen and oxygen atoms in total. The number of carbonyl (C=O) groups excluding carboxylic acids is 1. The van der Waals surface area contributed by atoms with Crippen molar-refractivity contribution >= 4 is 17.1 Å². The number of anilines is 1. The average molecular weight is 391 g/mol. The fourth-order valence-electron chi connectivity index (χ4n) is 4.48. The summed E-state index contributed by atoms with van der Waals surface area (Å²) < 4.78 is 3.23. The molecular weight excluding hydrogens is 366 g/mol. The van der Waals surface area contributed by atoms with Crippen LogP contribution in [0.1, 0.15) is 24.1 Å². The van der Waals surface area contributed by atoms with Gasteiger partial charge in [0.05, 0.1) is 5.69 Å². The van der Waals surface area contributed by atoms with Crippen molar-refractivity contribution in [1.82, 2.24) is 19.1 Å². The third-order valence-electron chi connectivity index (χ3n) is 6.09. The third kappa shape index (κ3) is 3.30. The van der Waals surface area contributed by atoms with Gasteiger partial charge in [-0.05, 0) is 37.8 Å². The molecule has 3 aromatic rings. The number of hydrogen-bond acceptors (Lipinski definition) is 4. The minimum absolute atomic E-state index is 0.00227. The van der Waals surface area contributed by atoms with Crippen molar-refractivity contribution in [3.63, 3.8) is 0 Å². The van der Waals surface area contributed by atoms with E-state index in [9.17, 15) is 9.59 Å². The first-order chi connectivity index (χ1) is 14.2. The summed E-state index contributed by atoms with van der Waals surface area (Å²) in [4.78, 5) is 30.0. The molecule has 1 fully saturated rings. The Bertz CT molecular complexity index is 1090. The molecule has 0 atom stereocenters. The van der Waals surface area contributed by atoms with Gasteiger partial charge in [0, 0.05) is 49.8 Å². The summed E-state index contributed by atoms with van der Waals surface area (Å²) in [6.07, 6.45) is 7.53. The average Bonchev–Trinajstić information content (AvgIpc) is 3.16. The largest absolute Gasteiger partial charge is 0.368 e. The lowest BCUT2D eigenvalue weighted by Crippen LogP contribution is -2.50. The molecule has 150 valence electrons. The van der Waals surface area contributed by atoms with Crippen molar-refractivity contribution in [2.75, 3.05) is 31.1 Å². The van der Waals surface area contributed by atoms with Crippen molar-refractivity contribution in [1.29, 1.82) is 0 Å². The normalized spacial score (nSPS) is 16.8. The van der Waals surface area contributed by atoms with E-state index in [0.29, 0.717) is 18.6 Å². The van der Waals surface area contributed by atoms with Gasteiger partial charge in [0.1, 0.15) is 12.1 Å². The van der Waals surface area contributed by atoms with Crippen molar-refractivity contribution in [3.8, 4) is 0 Å². The molecule has 0 unspecified atom stereocenters. The Morgan fingerprint density at radius 3 is 2.52 bits per heavy atom. The van der Waals surface area contributed by atoms with Crippen LogP contribution in [0.4, 0.5) is 5.69 Å². The summed E-state index contributed by atoms with van der Waals surface area (Å²) in [5.41, 5.74) is 3.82. The lowest BCUT2D eigenvalue weighted by Gasteiger charge is -2.36. The number of rotatable bonds is 3. The summed E-state index contributed by atoms with van der Waals surface area (Å²) in [5, 5.41) is 4.56. The predicted molar refractivity (Wildman–Crippen MR) is 111 cm³/mol. The van der Waals surface area contributed by atoms with E-state index < -0.39 is 0 Å². The third-order valence-corrected chi connectivity index (χ3v) is 6.09. The van der Waals surface area contributed by atoms with Gasteiger partial charge in [-0.3, -0.25) is 9.59 Å². The highest BCUT2D eigenvalue weighted by Gasteiger charge is 2.23. The quantitative estimate of drug-likeness (QED) is 0.682. The molecule has 29 heavy (non-hydrogen) atoms. The van der Waals surface area contributed by atoms with Crippen LogP contribution < -0.4 is 10.5 Å². The highest BCUT2D eigenvalue weighted by atomic mass is 16.2. The maximum Gasteiger partial charge on any atom is 0.277 e. The Morgan fingerprint density at radius 2 is 1.72 bits per heavy atom. The highest BCUT2D eigenvalue weighted by Crippen LogP contribution is 2.22. The maximum absolute atomic E-state index is 13.0. The first-order valence-corrected chi connectivity index (χ1v) is 10.4. The second-order valence-electron chi connectivity index (χ2n) is 7.86. The second kappa shape index (κ2) is 7.39. The summed E-state index contributed by atoms with van der Waals surface area (Å²) in [6, 6.07) is 10.3. The molecule has 2 aliphatic rings. The first kappa shape index (κ1) is 18.0. The van der Waals surface area contributed by atoms with E-state index in [4.69, 9.17) is 0 Å². The van der Waals surface area contributed by atoms with Crippen LogP contribution in [0.3, 0.4) is 0 Å². The molecule has 0 radical (unpaired) electrons. The van der Waals surface area contributed by atoms with Crippen LogP contribution in [0.15, 0.2) is 47.5 Å². The molecule has 2 aromatic heterocycles. The Kier molecular flexibility index (Phi) is 4.58. The lowest BCUT2D eigenvalue weighted by molar-refractivity contribution is -0.132. The molecular formula is C22H25N5O2. The zero-order valence-electron chi connectivity index (χ0n) is 16.5. The van der Waals surface area contributed by atoms with Gasteiger partial charge in [0.25, 0.3) is 5.56 Å². The monoisotopic (exact) mass is 391 g/mol. The number of piperazine rings is 1. The van der Waals surface area contributed by atoms with Gasteiger partial charge in [-0.2, -0.15) is 5.10 Å². The van der Waals surface area contributed by atoms with E-state index in [2.05, 4.69) is 22.1 Å². The fourth-order valence-corrected chi connectivity index (χ4v) is 4.48. The van der Waals surface area contributed by atoms with E-state index in [1.807, 2.05) is 23.1 Å². The molecule has 0 bridgehead atoms. The van der Waals surface area contributed by atoms with Crippen molar-refractivity contribution < 1.29 is 4.79 Å². The SMILES string of the molecule is O=C(Cn1ccn2nc3c(c2c1=O)CCCC3)N1CCN(c2ccccc2)CC1. The van der Waals surface area contributed by atoms with E-state index in [1.54, 1.807) is 16.9 Å². The number of benzene rings is 1. The molecule has 0 spiro atoms. The summed E-state index contributed by atoms with van der Waals surface area (Å²) in [5.74, 6) is -0.00227. The van der Waals surface area contributed by atoms with Gasteiger partial charge in [-0.25, -0.2) is 4.52 Å². The molecule has 1 aliphatic heterocycles. The van der Waals surface area contributed by atoms with E-state index in [-0.39, 0.29) is 18.0 Å². The summed E-state index contributed by atoms with van der Waals surface area (Å²) in [6.45, 7) is 3.04. The van der Waals surface area contributed by atoms with Gasteiger partial charge in [-0.1, -0.05) is 18.2 Å². The van der Waals surface area contributed by atoms with E-state index in [1.165, 1.54) is 10.3 Å². The van der Waals surface area contributed by atoms with E-state index >= 15 is 0 Å². The minimum Gasteiger partial charge on any atom is -0.368 e. The molecule has 5 rings (SSSR count). The van der Waals surface area contributed by atoms with Crippen LogP contribution in [0.25, 0.3) is 5.52 Å². The lowest BCUT2D eigenvalue weighted by atomic mass is 9.97. The van der Waals surface area contributed by atoms with Crippen LogP contribution >= 0.6 is 0 Å². The maximum atomic E-state index is 13.0. The van der Waals surface area contributed by atoms with Crippen LogP contribution in [0.5, 0.6) is 0 Å². The second-order valence-corrected chi connectivity index (χ2v) is 7.86. The van der Waals surface area contributed by atoms with Crippen LogP contribution in [-0.4, -0.2) is 51.2 Å². The number of para-hydroxylation sites is 1.